The van der Waals surface area contributed by atoms with E-state index >= 15 is 0 Å². The van der Waals surface area contributed by atoms with Crippen LogP contribution in [0.4, 0.5) is 0 Å². The number of hydrogen-bond acceptors (Lipinski definition) is 2. The monoisotopic (exact) mass is 214 g/mol. The van der Waals surface area contributed by atoms with Gasteiger partial charge in [0, 0.05) is 10.5 Å². The normalized spacial score (nSPS) is 9.73. The minimum atomic E-state index is 0.631. The SMILES string of the molecule is [CH2]Cc1nc(OC)ccc1Br. The first-order valence-corrected chi connectivity index (χ1v) is 4.06. The zero-order chi connectivity index (χ0) is 8.27. The number of nitrogens with zero attached hydrogens (tertiary/aromatic N) is 1. The lowest BCUT2D eigenvalue weighted by atomic mass is 10.3. The third-order valence-electron chi connectivity index (χ3n) is 1.34. The quantitative estimate of drug-likeness (QED) is 0.754. The first-order valence-electron chi connectivity index (χ1n) is 3.26. The topological polar surface area (TPSA) is 22.1 Å². The minimum Gasteiger partial charge on any atom is -0.481 e. The van der Waals surface area contributed by atoms with Gasteiger partial charge in [0.05, 0.1) is 12.8 Å². The average Bonchev–Trinajstić information content (AvgIpc) is 2.05. The van der Waals surface area contributed by atoms with E-state index in [9.17, 15) is 0 Å². The highest BCUT2D eigenvalue weighted by atomic mass is 79.9. The minimum absolute atomic E-state index is 0.631. The van der Waals surface area contributed by atoms with E-state index in [2.05, 4.69) is 27.8 Å². The van der Waals surface area contributed by atoms with Gasteiger partial charge in [0.15, 0.2) is 0 Å². The molecule has 1 aromatic heterocycles. The maximum Gasteiger partial charge on any atom is 0.213 e. The van der Waals surface area contributed by atoms with E-state index in [-0.39, 0.29) is 0 Å². The Morgan fingerprint density at radius 1 is 1.64 bits per heavy atom. The second kappa shape index (κ2) is 3.72. The van der Waals surface area contributed by atoms with Crippen LogP contribution in [0.5, 0.6) is 5.88 Å². The van der Waals surface area contributed by atoms with Gasteiger partial charge in [-0.25, -0.2) is 4.98 Å². The smallest absolute Gasteiger partial charge is 0.213 e. The van der Waals surface area contributed by atoms with Crippen LogP contribution in [0.25, 0.3) is 0 Å². The molecule has 11 heavy (non-hydrogen) atoms. The molecule has 0 N–H and O–H groups in total. The van der Waals surface area contributed by atoms with Crippen LogP contribution >= 0.6 is 15.9 Å². The zero-order valence-corrected chi connectivity index (χ0v) is 7.89. The molecule has 1 radical (unpaired) electrons. The molecule has 0 aliphatic heterocycles. The Hall–Kier alpha value is -0.570. The van der Waals surface area contributed by atoms with E-state index in [1.165, 1.54) is 0 Å². The van der Waals surface area contributed by atoms with E-state index < -0.39 is 0 Å². The van der Waals surface area contributed by atoms with Gasteiger partial charge >= 0.3 is 0 Å². The van der Waals surface area contributed by atoms with E-state index in [1.807, 2.05) is 12.1 Å². The Balaban J connectivity index is 3.02. The van der Waals surface area contributed by atoms with E-state index in [0.717, 1.165) is 10.2 Å². The van der Waals surface area contributed by atoms with Crippen LogP contribution in [0.3, 0.4) is 0 Å². The Bertz CT molecular complexity index is 250. The number of halogens is 1. The molecule has 3 heteroatoms. The van der Waals surface area contributed by atoms with Crippen molar-refractivity contribution in [3.05, 3.63) is 29.2 Å². The summed E-state index contributed by atoms with van der Waals surface area (Å²) in [5.41, 5.74) is 0.921. The molecule has 0 atom stereocenters. The fraction of sp³-hybridized carbons (Fsp3) is 0.250. The van der Waals surface area contributed by atoms with Crippen LogP contribution in [0.1, 0.15) is 5.69 Å². The summed E-state index contributed by atoms with van der Waals surface area (Å²) in [5.74, 6) is 0.631. The maximum atomic E-state index is 4.95. The highest BCUT2D eigenvalue weighted by Gasteiger charge is 2.00. The van der Waals surface area contributed by atoms with Crippen molar-refractivity contribution in [3.63, 3.8) is 0 Å². The Labute approximate surface area is 74.7 Å². The number of hydrogen-bond donors (Lipinski definition) is 0. The van der Waals surface area contributed by atoms with Gasteiger partial charge in [0.1, 0.15) is 0 Å². The summed E-state index contributed by atoms with van der Waals surface area (Å²) in [7, 11) is 1.60. The van der Waals surface area contributed by atoms with Crippen LogP contribution in [0, 0.1) is 6.92 Å². The van der Waals surface area contributed by atoms with Gasteiger partial charge in [-0.3, -0.25) is 0 Å². The van der Waals surface area contributed by atoms with Gasteiger partial charge in [-0.2, -0.15) is 0 Å². The Morgan fingerprint density at radius 3 is 2.91 bits per heavy atom. The molecule has 1 heterocycles. The fourth-order valence-corrected chi connectivity index (χ4v) is 1.17. The summed E-state index contributed by atoms with van der Waals surface area (Å²) >= 11 is 3.36. The zero-order valence-electron chi connectivity index (χ0n) is 6.30. The summed E-state index contributed by atoms with van der Waals surface area (Å²) in [6, 6.07) is 3.72. The highest BCUT2D eigenvalue weighted by Crippen LogP contribution is 2.18. The van der Waals surface area contributed by atoms with E-state index in [4.69, 9.17) is 4.74 Å². The highest BCUT2D eigenvalue weighted by molar-refractivity contribution is 9.10. The second-order valence-electron chi connectivity index (χ2n) is 2.03. The molecule has 0 fully saturated rings. The number of methoxy groups -OCH3 is 1. The molecule has 0 bridgehead atoms. The summed E-state index contributed by atoms with van der Waals surface area (Å²) in [6.07, 6.45) is 0.664. The number of ether oxygens (including phenoxy) is 1. The standard InChI is InChI=1S/C8H9BrNO/c1-3-7-6(9)4-5-8(10-7)11-2/h4-5H,1,3H2,2H3. The molecular formula is C8H9BrNO. The average molecular weight is 215 g/mol. The molecule has 0 saturated carbocycles. The van der Waals surface area contributed by atoms with Crippen molar-refractivity contribution < 1.29 is 4.74 Å². The molecule has 0 saturated heterocycles. The molecule has 0 aromatic carbocycles. The molecule has 0 amide bonds. The predicted molar refractivity (Wildman–Crippen MR) is 47.6 cm³/mol. The number of aromatic nitrogens is 1. The lowest BCUT2D eigenvalue weighted by Crippen LogP contribution is -1.92. The van der Waals surface area contributed by atoms with Crippen molar-refractivity contribution in [2.24, 2.45) is 0 Å². The molecule has 0 unspecified atom stereocenters. The lowest BCUT2D eigenvalue weighted by Gasteiger charge is -2.02. The molecule has 2 nitrogen and oxygen atoms in total. The van der Waals surface area contributed by atoms with Gasteiger partial charge in [0.2, 0.25) is 5.88 Å². The summed E-state index contributed by atoms with van der Waals surface area (Å²) < 4.78 is 5.93. The number of rotatable bonds is 2. The fourth-order valence-electron chi connectivity index (χ4n) is 0.753. The van der Waals surface area contributed by atoms with Crippen molar-refractivity contribution in [2.75, 3.05) is 7.11 Å². The van der Waals surface area contributed by atoms with E-state index in [0.29, 0.717) is 12.3 Å². The number of pyridine rings is 1. The van der Waals surface area contributed by atoms with Crippen molar-refractivity contribution in [1.82, 2.24) is 4.98 Å². The first-order chi connectivity index (χ1) is 5.27. The third kappa shape index (κ3) is 1.93. The van der Waals surface area contributed by atoms with Crippen LogP contribution in [0.2, 0.25) is 0 Å². The van der Waals surface area contributed by atoms with Crippen LogP contribution < -0.4 is 4.74 Å². The molecule has 1 aromatic rings. The van der Waals surface area contributed by atoms with Gasteiger partial charge in [0.25, 0.3) is 0 Å². The van der Waals surface area contributed by atoms with Crippen LogP contribution in [-0.4, -0.2) is 12.1 Å². The van der Waals surface area contributed by atoms with E-state index in [1.54, 1.807) is 7.11 Å². The van der Waals surface area contributed by atoms with Crippen LogP contribution in [-0.2, 0) is 6.42 Å². The molecule has 0 aliphatic rings. The first kappa shape index (κ1) is 8.53. The molecule has 0 spiro atoms. The van der Waals surface area contributed by atoms with Crippen molar-refractivity contribution in [2.45, 2.75) is 6.42 Å². The third-order valence-corrected chi connectivity index (χ3v) is 2.06. The lowest BCUT2D eigenvalue weighted by molar-refractivity contribution is 0.396. The summed E-state index contributed by atoms with van der Waals surface area (Å²) in [6.45, 7) is 3.74. The van der Waals surface area contributed by atoms with Gasteiger partial charge in [-0.05, 0) is 35.3 Å². The van der Waals surface area contributed by atoms with Gasteiger partial charge < -0.3 is 4.74 Å². The van der Waals surface area contributed by atoms with Gasteiger partial charge in [-0.1, -0.05) is 0 Å². The summed E-state index contributed by atoms with van der Waals surface area (Å²) in [4.78, 5) is 4.18. The Morgan fingerprint density at radius 2 is 2.36 bits per heavy atom. The molecular weight excluding hydrogens is 206 g/mol. The van der Waals surface area contributed by atoms with Gasteiger partial charge in [-0.15, -0.1) is 0 Å². The molecule has 1 rings (SSSR count). The predicted octanol–water partition coefficient (Wildman–Crippen LogP) is 2.23. The molecule has 59 valence electrons. The maximum absolute atomic E-state index is 4.95. The summed E-state index contributed by atoms with van der Waals surface area (Å²) in [5, 5.41) is 0. The largest absolute Gasteiger partial charge is 0.481 e. The van der Waals surface area contributed by atoms with Crippen molar-refractivity contribution in [3.8, 4) is 5.88 Å². The van der Waals surface area contributed by atoms with Crippen LogP contribution in [0.15, 0.2) is 16.6 Å². The van der Waals surface area contributed by atoms with Crippen molar-refractivity contribution >= 4 is 15.9 Å². The Kier molecular flexibility index (Phi) is 2.88. The molecule has 0 aliphatic carbocycles. The second-order valence-corrected chi connectivity index (χ2v) is 2.89. The van der Waals surface area contributed by atoms with Crippen molar-refractivity contribution in [1.29, 1.82) is 0 Å².